The fourth-order valence-corrected chi connectivity index (χ4v) is 3.58. The highest BCUT2D eigenvalue weighted by atomic mass is 35.5. The van der Waals surface area contributed by atoms with Crippen LogP contribution in [0.15, 0.2) is 67.3 Å². The van der Waals surface area contributed by atoms with Gasteiger partial charge in [0.05, 0.1) is 36.3 Å². The lowest BCUT2D eigenvalue weighted by atomic mass is 10.2. The van der Waals surface area contributed by atoms with E-state index < -0.39 is 6.10 Å². The number of nitrogens with zero attached hydrogens (tertiary/aromatic N) is 3. The van der Waals surface area contributed by atoms with Crippen molar-refractivity contribution in [3.8, 4) is 17.3 Å². The molecular weight excluding hydrogens is 438 g/mol. The van der Waals surface area contributed by atoms with Crippen LogP contribution in [0.25, 0.3) is 5.69 Å². The Bertz CT molecular complexity index is 1020. The van der Waals surface area contributed by atoms with Crippen LogP contribution < -0.4 is 4.74 Å². The molecule has 3 aromatic rings. The largest absolute Gasteiger partial charge is 0.439 e. The maximum absolute atomic E-state index is 10.5. The van der Waals surface area contributed by atoms with Crippen molar-refractivity contribution >= 4 is 11.6 Å². The first-order chi connectivity index (χ1) is 15.9. The summed E-state index contributed by atoms with van der Waals surface area (Å²) in [6.07, 6.45) is 1.06. The van der Waals surface area contributed by atoms with Crippen molar-refractivity contribution < 1.29 is 14.6 Å². The van der Waals surface area contributed by atoms with Crippen molar-refractivity contribution in [2.45, 2.75) is 39.5 Å². The van der Waals surface area contributed by atoms with Gasteiger partial charge in [-0.05, 0) is 57.2 Å². The van der Waals surface area contributed by atoms with Crippen molar-refractivity contribution in [3.63, 3.8) is 0 Å². The number of aromatic nitrogens is 2. The van der Waals surface area contributed by atoms with Gasteiger partial charge in [0.1, 0.15) is 5.75 Å². The molecule has 1 atom stereocenters. The minimum Gasteiger partial charge on any atom is -0.439 e. The van der Waals surface area contributed by atoms with Crippen LogP contribution in [0.1, 0.15) is 25.1 Å². The number of aliphatic hydroxyl groups is 1. The second kappa shape index (κ2) is 12.0. The minimum atomic E-state index is -0.613. The van der Waals surface area contributed by atoms with E-state index in [1.165, 1.54) is 0 Å². The zero-order valence-corrected chi connectivity index (χ0v) is 20.2. The third-order valence-electron chi connectivity index (χ3n) is 5.25. The van der Waals surface area contributed by atoms with E-state index in [0.29, 0.717) is 36.3 Å². The Morgan fingerprint density at radius 1 is 1.15 bits per heavy atom. The zero-order valence-electron chi connectivity index (χ0n) is 19.4. The third kappa shape index (κ3) is 6.92. The lowest BCUT2D eigenvalue weighted by molar-refractivity contribution is 0.0177. The zero-order chi connectivity index (χ0) is 23.8. The molecule has 7 heteroatoms. The third-order valence-corrected chi connectivity index (χ3v) is 5.50. The molecule has 0 saturated carbocycles. The van der Waals surface area contributed by atoms with Gasteiger partial charge in [0, 0.05) is 24.2 Å². The van der Waals surface area contributed by atoms with Crippen molar-refractivity contribution in [1.82, 2.24) is 14.7 Å². The Morgan fingerprint density at radius 2 is 1.85 bits per heavy atom. The number of hydrogen-bond donors (Lipinski definition) is 1. The van der Waals surface area contributed by atoms with Gasteiger partial charge in [-0.25, -0.2) is 4.68 Å². The molecule has 0 saturated heterocycles. The molecule has 0 aliphatic rings. The molecule has 1 aromatic heterocycles. The molecule has 33 heavy (non-hydrogen) atoms. The Balaban J connectivity index is 1.92. The Kier molecular flexibility index (Phi) is 9.09. The molecule has 6 nitrogen and oxygen atoms in total. The molecule has 1 heterocycles. The Labute approximate surface area is 201 Å². The van der Waals surface area contributed by atoms with Gasteiger partial charge in [0.15, 0.2) is 0 Å². The SMILES string of the molecule is C=CCOC[C@@H](O)CN(Cc1c(C)nn(-c2ccccc2)c1Oc1ccc(Cl)cc1)C(C)C. The summed E-state index contributed by atoms with van der Waals surface area (Å²) in [6.45, 7) is 11.5. The molecule has 176 valence electrons. The summed E-state index contributed by atoms with van der Waals surface area (Å²) in [5.41, 5.74) is 2.73. The number of benzene rings is 2. The van der Waals surface area contributed by atoms with Crippen LogP contribution in [0.3, 0.4) is 0 Å². The first-order valence-corrected chi connectivity index (χ1v) is 11.4. The predicted octanol–water partition coefficient (Wildman–Crippen LogP) is 5.40. The van der Waals surface area contributed by atoms with Crippen LogP contribution in [-0.4, -0.2) is 51.7 Å². The highest BCUT2D eigenvalue weighted by Crippen LogP contribution is 2.32. The summed E-state index contributed by atoms with van der Waals surface area (Å²) < 4.78 is 13.6. The van der Waals surface area contributed by atoms with E-state index in [0.717, 1.165) is 16.9 Å². The van der Waals surface area contributed by atoms with E-state index in [4.69, 9.17) is 26.2 Å². The molecule has 0 amide bonds. The van der Waals surface area contributed by atoms with Crippen LogP contribution in [0, 0.1) is 6.92 Å². The number of halogens is 1. The van der Waals surface area contributed by atoms with Gasteiger partial charge in [0.2, 0.25) is 5.88 Å². The van der Waals surface area contributed by atoms with Crippen molar-refractivity contribution in [2.75, 3.05) is 19.8 Å². The molecule has 0 bridgehead atoms. The quantitative estimate of drug-likeness (QED) is 0.284. The number of ether oxygens (including phenoxy) is 2. The Hall–Kier alpha value is -2.64. The van der Waals surface area contributed by atoms with Gasteiger partial charge in [-0.1, -0.05) is 35.9 Å². The minimum absolute atomic E-state index is 0.196. The lowest BCUT2D eigenvalue weighted by Crippen LogP contribution is -2.39. The van der Waals surface area contributed by atoms with Crippen LogP contribution in [0.5, 0.6) is 11.6 Å². The molecule has 1 N–H and O–H groups in total. The summed E-state index contributed by atoms with van der Waals surface area (Å²) in [4.78, 5) is 2.19. The summed E-state index contributed by atoms with van der Waals surface area (Å²) in [6, 6.07) is 17.4. The Morgan fingerprint density at radius 3 is 2.48 bits per heavy atom. The van der Waals surface area contributed by atoms with Gasteiger partial charge in [0.25, 0.3) is 0 Å². The number of hydrogen-bond acceptors (Lipinski definition) is 5. The molecular formula is C26H32ClN3O3. The number of rotatable bonds is 12. The number of para-hydroxylation sites is 1. The molecule has 2 aromatic carbocycles. The standard InChI is InChI=1S/C26H32ClN3O3/c1-5-15-32-18-23(31)16-29(19(2)3)17-25-20(4)28-30(22-9-7-6-8-10-22)26(25)33-24-13-11-21(27)12-14-24/h5-14,19,23,31H,1,15-18H2,2-4H3/t23-/m0/s1. The monoisotopic (exact) mass is 469 g/mol. The highest BCUT2D eigenvalue weighted by Gasteiger charge is 2.24. The number of aliphatic hydroxyl groups excluding tert-OH is 1. The smallest absolute Gasteiger partial charge is 0.227 e. The summed E-state index contributed by atoms with van der Waals surface area (Å²) >= 11 is 6.06. The van der Waals surface area contributed by atoms with Gasteiger partial charge >= 0.3 is 0 Å². The van der Waals surface area contributed by atoms with Crippen molar-refractivity contribution in [2.24, 2.45) is 0 Å². The van der Waals surface area contributed by atoms with E-state index >= 15 is 0 Å². The summed E-state index contributed by atoms with van der Waals surface area (Å²) in [5.74, 6) is 1.32. The maximum atomic E-state index is 10.5. The highest BCUT2D eigenvalue weighted by molar-refractivity contribution is 6.30. The van der Waals surface area contributed by atoms with Gasteiger partial charge < -0.3 is 14.6 Å². The van der Waals surface area contributed by atoms with Crippen LogP contribution in [0.4, 0.5) is 0 Å². The molecule has 0 aliphatic carbocycles. The molecule has 3 rings (SSSR count). The van der Waals surface area contributed by atoms with Crippen LogP contribution in [0.2, 0.25) is 5.02 Å². The van der Waals surface area contributed by atoms with E-state index in [1.54, 1.807) is 18.2 Å². The van der Waals surface area contributed by atoms with Crippen molar-refractivity contribution in [3.05, 3.63) is 83.5 Å². The fraction of sp³-hybridized carbons (Fsp3) is 0.346. The first-order valence-electron chi connectivity index (χ1n) is 11.1. The van der Waals surface area contributed by atoms with Crippen molar-refractivity contribution in [1.29, 1.82) is 0 Å². The molecule has 0 fully saturated rings. The van der Waals surface area contributed by atoms with E-state index in [1.807, 2.05) is 54.1 Å². The topological polar surface area (TPSA) is 59.8 Å². The predicted molar refractivity (Wildman–Crippen MR) is 132 cm³/mol. The molecule has 0 spiro atoms. The fourth-order valence-electron chi connectivity index (χ4n) is 3.46. The average Bonchev–Trinajstić information content (AvgIpc) is 3.10. The molecule has 0 aliphatic heterocycles. The van der Waals surface area contributed by atoms with E-state index in [9.17, 15) is 5.11 Å². The first kappa shape index (κ1) is 25.0. The van der Waals surface area contributed by atoms with Gasteiger partial charge in [-0.2, -0.15) is 5.10 Å². The van der Waals surface area contributed by atoms with Crippen LogP contribution >= 0.6 is 11.6 Å². The second-order valence-corrected chi connectivity index (χ2v) is 8.61. The van der Waals surface area contributed by atoms with Gasteiger partial charge in [-0.3, -0.25) is 4.90 Å². The average molecular weight is 470 g/mol. The summed E-state index contributed by atoms with van der Waals surface area (Å²) in [5, 5.41) is 15.9. The maximum Gasteiger partial charge on any atom is 0.227 e. The molecule has 0 unspecified atom stereocenters. The van der Waals surface area contributed by atoms with E-state index in [-0.39, 0.29) is 12.6 Å². The normalized spacial score (nSPS) is 12.3. The summed E-state index contributed by atoms with van der Waals surface area (Å²) in [7, 11) is 0. The lowest BCUT2D eigenvalue weighted by Gasteiger charge is -2.29. The van der Waals surface area contributed by atoms with Crippen LogP contribution in [-0.2, 0) is 11.3 Å². The second-order valence-electron chi connectivity index (χ2n) is 8.18. The number of aryl methyl sites for hydroxylation is 1. The van der Waals surface area contributed by atoms with E-state index in [2.05, 4.69) is 25.3 Å². The molecule has 0 radical (unpaired) electrons. The van der Waals surface area contributed by atoms with Gasteiger partial charge in [-0.15, -0.1) is 6.58 Å².